The quantitative estimate of drug-likeness (QED) is 0.470. The summed E-state index contributed by atoms with van der Waals surface area (Å²) in [6.45, 7) is 6.91. The molecule has 1 unspecified atom stereocenters. The van der Waals surface area contributed by atoms with Gasteiger partial charge in [-0.05, 0) is 43.2 Å². The summed E-state index contributed by atoms with van der Waals surface area (Å²) in [4.78, 5) is 27.2. The molecule has 0 bridgehead atoms. The summed E-state index contributed by atoms with van der Waals surface area (Å²) < 4.78 is 15.5. The summed E-state index contributed by atoms with van der Waals surface area (Å²) in [5, 5.41) is 7.49. The second-order valence-corrected chi connectivity index (χ2v) is 9.27. The van der Waals surface area contributed by atoms with Gasteiger partial charge in [-0.15, -0.1) is 11.3 Å². The highest BCUT2D eigenvalue weighted by atomic mass is 32.1. The van der Waals surface area contributed by atoms with Crippen molar-refractivity contribution in [1.29, 1.82) is 0 Å². The predicted octanol–water partition coefficient (Wildman–Crippen LogP) is 3.48. The minimum Gasteiger partial charge on any atom is -0.486 e. The number of aromatic nitrogens is 3. The van der Waals surface area contributed by atoms with E-state index < -0.39 is 0 Å². The van der Waals surface area contributed by atoms with Crippen molar-refractivity contribution >= 4 is 33.0 Å². The Morgan fingerprint density at radius 2 is 1.91 bits per heavy atom. The van der Waals surface area contributed by atoms with Crippen LogP contribution in [0.3, 0.4) is 0 Å². The summed E-state index contributed by atoms with van der Waals surface area (Å²) in [5.74, 6) is 1.86. The molecule has 4 aromatic rings. The first-order valence-electron chi connectivity index (χ1n) is 11.2. The van der Waals surface area contributed by atoms with Crippen molar-refractivity contribution in [3.8, 4) is 11.5 Å². The second kappa shape index (κ2) is 8.55. The van der Waals surface area contributed by atoms with Crippen LogP contribution in [0.15, 0.2) is 35.1 Å². The molecule has 5 rings (SSSR count). The third-order valence-corrected chi connectivity index (χ3v) is 7.11. The number of aryl methyl sites for hydroxylation is 2. The minimum absolute atomic E-state index is 0.143. The average molecular weight is 467 g/mol. The maximum atomic E-state index is 13.1. The smallest absolute Gasteiger partial charge is 0.291 e. The first-order valence-corrected chi connectivity index (χ1v) is 12.0. The van der Waals surface area contributed by atoms with E-state index in [0.717, 1.165) is 28.0 Å². The van der Waals surface area contributed by atoms with Gasteiger partial charge in [0.25, 0.3) is 5.56 Å². The molecule has 1 aliphatic rings. The molecule has 0 saturated heterocycles. The van der Waals surface area contributed by atoms with Crippen LogP contribution < -0.4 is 20.3 Å². The molecule has 1 aliphatic heterocycles. The number of ether oxygens (including phenoxy) is 2. The molecule has 0 radical (unpaired) electrons. The van der Waals surface area contributed by atoms with Gasteiger partial charge in [0.15, 0.2) is 11.5 Å². The van der Waals surface area contributed by atoms with Crippen LogP contribution in [0, 0.1) is 0 Å². The van der Waals surface area contributed by atoms with Crippen molar-refractivity contribution < 1.29 is 14.3 Å². The summed E-state index contributed by atoms with van der Waals surface area (Å²) >= 11 is 1.69. The average Bonchev–Trinajstić information content (AvgIpc) is 3.38. The minimum atomic E-state index is -0.278. The summed E-state index contributed by atoms with van der Waals surface area (Å²) in [6, 6.07) is 9.41. The molecule has 0 fully saturated rings. The van der Waals surface area contributed by atoms with E-state index in [0.29, 0.717) is 36.7 Å². The van der Waals surface area contributed by atoms with Gasteiger partial charge in [0, 0.05) is 11.3 Å². The van der Waals surface area contributed by atoms with Crippen LogP contribution in [0.4, 0.5) is 0 Å². The highest BCUT2D eigenvalue weighted by molar-refractivity contribution is 7.19. The van der Waals surface area contributed by atoms with Gasteiger partial charge in [0.2, 0.25) is 5.91 Å². The maximum Gasteiger partial charge on any atom is 0.291 e. The number of carbonyl (C=O) groups is 1. The number of carbonyl (C=O) groups excluding carboxylic acids is 1. The number of nitrogens with zero attached hydrogens (tertiary/aromatic N) is 3. The van der Waals surface area contributed by atoms with Gasteiger partial charge >= 0.3 is 0 Å². The monoisotopic (exact) mass is 466 g/mol. The van der Waals surface area contributed by atoms with Gasteiger partial charge in [0.1, 0.15) is 31.1 Å². The molecule has 0 saturated carbocycles. The fourth-order valence-corrected chi connectivity index (χ4v) is 5.21. The Kier molecular flexibility index (Phi) is 5.57. The summed E-state index contributed by atoms with van der Waals surface area (Å²) in [7, 11) is 0. The molecular weight excluding hydrogens is 440 g/mol. The number of thiophene rings is 1. The fourth-order valence-electron chi connectivity index (χ4n) is 4.19. The van der Waals surface area contributed by atoms with E-state index in [-0.39, 0.29) is 24.1 Å². The number of hydrogen-bond acceptors (Lipinski definition) is 6. The van der Waals surface area contributed by atoms with Crippen LogP contribution in [0.1, 0.15) is 43.1 Å². The molecule has 0 spiro atoms. The van der Waals surface area contributed by atoms with Crippen molar-refractivity contribution in [2.45, 2.75) is 46.2 Å². The van der Waals surface area contributed by atoms with E-state index in [1.165, 1.54) is 9.56 Å². The third kappa shape index (κ3) is 3.86. The van der Waals surface area contributed by atoms with Crippen molar-refractivity contribution in [3.05, 3.63) is 57.0 Å². The molecule has 172 valence electrons. The number of hydrogen-bond donors (Lipinski definition) is 1. The molecule has 1 atom stereocenters. The Morgan fingerprint density at radius 3 is 2.67 bits per heavy atom. The standard InChI is InChI=1S/C24H26N4O4S/c1-4-16-11-17-21(33-16)12-18-24(30)27(26-22(5-2)28(17)18)13-23(29)25-14(3)15-6-7-19-20(10-15)32-9-8-31-19/h6-7,10-12,14H,4-5,8-9,13H2,1-3H3,(H,25,29). The molecule has 0 aliphatic carbocycles. The van der Waals surface area contributed by atoms with Gasteiger partial charge in [-0.3, -0.25) is 14.0 Å². The van der Waals surface area contributed by atoms with Gasteiger partial charge in [-0.1, -0.05) is 19.9 Å². The van der Waals surface area contributed by atoms with E-state index in [9.17, 15) is 9.59 Å². The van der Waals surface area contributed by atoms with Crippen LogP contribution in [0.25, 0.3) is 15.7 Å². The predicted molar refractivity (Wildman–Crippen MR) is 128 cm³/mol. The summed E-state index contributed by atoms with van der Waals surface area (Å²) in [5.41, 5.74) is 2.20. The van der Waals surface area contributed by atoms with Gasteiger partial charge in [-0.2, -0.15) is 5.10 Å². The Morgan fingerprint density at radius 1 is 1.12 bits per heavy atom. The molecule has 8 nitrogen and oxygen atoms in total. The van der Waals surface area contributed by atoms with Crippen molar-refractivity contribution in [2.75, 3.05) is 13.2 Å². The number of fused-ring (bicyclic) bond motifs is 4. The highest BCUT2D eigenvalue weighted by Gasteiger charge is 2.19. The molecule has 3 aromatic heterocycles. The first-order chi connectivity index (χ1) is 16.0. The Labute approximate surface area is 194 Å². The Balaban J connectivity index is 1.40. The lowest BCUT2D eigenvalue weighted by atomic mass is 10.1. The number of benzene rings is 1. The van der Waals surface area contributed by atoms with E-state index in [1.807, 2.05) is 42.5 Å². The van der Waals surface area contributed by atoms with E-state index in [4.69, 9.17) is 9.47 Å². The van der Waals surface area contributed by atoms with Crippen LogP contribution in [0.2, 0.25) is 0 Å². The lowest BCUT2D eigenvalue weighted by Crippen LogP contribution is -2.36. The van der Waals surface area contributed by atoms with Crippen molar-refractivity contribution in [2.24, 2.45) is 0 Å². The van der Waals surface area contributed by atoms with Crippen LogP contribution >= 0.6 is 11.3 Å². The van der Waals surface area contributed by atoms with E-state index in [1.54, 1.807) is 11.3 Å². The van der Waals surface area contributed by atoms with Crippen molar-refractivity contribution in [3.63, 3.8) is 0 Å². The molecule has 9 heteroatoms. The SMILES string of the molecule is CCc1cc2c(cc3c(=O)n(CC(=O)NC(C)c4ccc5c(c4)OCCO5)nc(CC)n32)s1. The molecule has 4 heterocycles. The topological polar surface area (TPSA) is 86.9 Å². The van der Waals surface area contributed by atoms with Crippen LogP contribution in [0.5, 0.6) is 11.5 Å². The van der Waals surface area contributed by atoms with Crippen LogP contribution in [-0.2, 0) is 24.2 Å². The van der Waals surface area contributed by atoms with Gasteiger partial charge < -0.3 is 14.8 Å². The first kappa shape index (κ1) is 21.5. The van der Waals surface area contributed by atoms with E-state index in [2.05, 4.69) is 23.4 Å². The van der Waals surface area contributed by atoms with Gasteiger partial charge in [-0.25, -0.2) is 4.68 Å². The third-order valence-electron chi connectivity index (χ3n) is 5.89. The zero-order valence-electron chi connectivity index (χ0n) is 18.9. The van der Waals surface area contributed by atoms with Gasteiger partial charge in [0.05, 0.1) is 16.3 Å². The lowest BCUT2D eigenvalue weighted by Gasteiger charge is -2.21. The molecule has 1 aromatic carbocycles. The molecular formula is C24H26N4O4S. The molecule has 1 N–H and O–H groups in total. The van der Waals surface area contributed by atoms with Crippen LogP contribution in [-0.4, -0.2) is 33.3 Å². The normalized spacial score (nSPS) is 14.0. The largest absolute Gasteiger partial charge is 0.486 e. The summed E-state index contributed by atoms with van der Waals surface area (Å²) in [6.07, 6.45) is 1.60. The zero-order valence-corrected chi connectivity index (χ0v) is 19.7. The fraction of sp³-hybridized carbons (Fsp3) is 0.375. The number of rotatable bonds is 6. The second-order valence-electron chi connectivity index (χ2n) is 8.11. The highest BCUT2D eigenvalue weighted by Crippen LogP contribution is 2.32. The molecule has 1 amide bonds. The Bertz CT molecular complexity index is 1420. The number of nitrogens with one attached hydrogen (secondary N) is 1. The lowest BCUT2D eigenvalue weighted by molar-refractivity contribution is -0.122. The number of amides is 1. The van der Waals surface area contributed by atoms with E-state index >= 15 is 0 Å². The maximum absolute atomic E-state index is 13.1. The Hall–Kier alpha value is -3.33. The van der Waals surface area contributed by atoms with Crippen molar-refractivity contribution in [1.82, 2.24) is 19.5 Å². The zero-order chi connectivity index (χ0) is 23.1. The molecule has 33 heavy (non-hydrogen) atoms.